The monoisotopic (exact) mass is 231 g/mol. The fraction of sp³-hybridized carbons (Fsp3) is 0.231. The number of halogens is 1. The molecule has 1 heterocycles. The van der Waals surface area contributed by atoms with Crippen LogP contribution < -0.4 is 5.32 Å². The Kier molecular flexibility index (Phi) is 3.77. The molecule has 2 rings (SSSR count). The van der Waals surface area contributed by atoms with E-state index in [1.807, 2.05) is 6.92 Å². The van der Waals surface area contributed by atoms with Crippen molar-refractivity contribution in [3.8, 4) is 0 Å². The summed E-state index contributed by atoms with van der Waals surface area (Å²) >= 11 is 0. The number of benzene rings is 1. The lowest BCUT2D eigenvalue weighted by atomic mass is 10.2. The number of hydrogen-bond donors (Lipinski definition) is 1. The van der Waals surface area contributed by atoms with Crippen molar-refractivity contribution in [2.24, 2.45) is 0 Å². The lowest BCUT2D eigenvalue weighted by Gasteiger charge is -2.12. The molecular weight excluding hydrogens is 217 g/mol. The molecule has 0 bridgehead atoms. The van der Waals surface area contributed by atoms with Gasteiger partial charge in [0.1, 0.15) is 5.82 Å². The van der Waals surface area contributed by atoms with Crippen molar-refractivity contribution < 1.29 is 4.39 Å². The highest BCUT2D eigenvalue weighted by Gasteiger charge is 2.05. The highest BCUT2D eigenvalue weighted by molar-refractivity contribution is 5.16. The molecule has 0 amide bonds. The van der Waals surface area contributed by atoms with Crippen molar-refractivity contribution in [2.45, 2.75) is 19.5 Å². The summed E-state index contributed by atoms with van der Waals surface area (Å²) in [5, 5.41) is 3.31. The number of aromatic nitrogens is 2. The van der Waals surface area contributed by atoms with Gasteiger partial charge in [-0.3, -0.25) is 9.97 Å². The first-order chi connectivity index (χ1) is 8.25. The van der Waals surface area contributed by atoms with Gasteiger partial charge in [-0.25, -0.2) is 4.39 Å². The molecule has 17 heavy (non-hydrogen) atoms. The van der Waals surface area contributed by atoms with Crippen LogP contribution in [0, 0.1) is 5.82 Å². The van der Waals surface area contributed by atoms with Gasteiger partial charge in [-0.15, -0.1) is 0 Å². The van der Waals surface area contributed by atoms with E-state index in [-0.39, 0.29) is 11.9 Å². The largest absolute Gasteiger partial charge is 0.305 e. The summed E-state index contributed by atoms with van der Waals surface area (Å²) in [6.07, 6.45) is 5.06. The smallest absolute Gasteiger partial charge is 0.123 e. The van der Waals surface area contributed by atoms with Gasteiger partial charge < -0.3 is 5.32 Å². The standard InChI is InChI=1S/C13H14FN3/c1-10(13-9-15-6-7-16-13)17-8-11-2-4-12(14)5-3-11/h2-7,9-10,17H,8H2,1H3. The summed E-state index contributed by atoms with van der Waals surface area (Å²) in [5.74, 6) is -0.212. The lowest BCUT2D eigenvalue weighted by Crippen LogP contribution is -2.19. The van der Waals surface area contributed by atoms with Gasteiger partial charge in [0.2, 0.25) is 0 Å². The molecule has 1 unspecified atom stereocenters. The van der Waals surface area contributed by atoms with Gasteiger partial charge in [-0.1, -0.05) is 12.1 Å². The molecular formula is C13H14FN3. The average molecular weight is 231 g/mol. The van der Waals surface area contributed by atoms with E-state index in [1.165, 1.54) is 12.1 Å². The molecule has 88 valence electrons. The third-order valence-electron chi connectivity index (χ3n) is 2.55. The summed E-state index contributed by atoms with van der Waals surface area (Å²) in [6, 6.07) is 6.58. The van der Waals surface area contributed by atoms with Crippen LogP contribution in [0.1, 0.15) is 24.2 Å². The van der Waals surface area contributed by atoms with Gasteiger partial charge in [0.15, 0.2) is 0 Å². The van der Waals surface area contributed by atoms with Crippen LogP contribution in [0.2, 0.25) is 0 Å². The van der Waals surface area contributed by atoms with E-state index in [4.69, 9.17) is 0 Å². The Morgan fingerprint density at radius 2 is 2.00 bits per heavy atom. The molecule has 1 aromatic carbocycles. The van der Waals surface area contributed by atoms with Crippen LogP contribution in [0.25, 0.3) is 0 Å². The Morgan fingerprint density at radius 1 is 1.24 bits per heavy atom. The van der Waals surface area contributed by atoms with E-state index in [0.29, 0.717) is 6.54 Å². The number of hydrogen-bond acceptors (Lipinski definition) is 3. The zero-order valence-corrected chi connectivity index (χ0v) is 9.60. The van der Waals surface area contributed by atoms with Crippen LogP contribution >= 0.6 is 0 Å². The third-order valence-corrected chi connectivity index (χ3v) is 2.55. The molecule has 1 atom stereocenters. The molecule has 4 heteroatoms. The van der Waals surface area contributed by atoms with E-state index >= 15 is 0 Å². The molecule has 0 saturated carbocycles. The van der Waals surface area contributed by atoms with Gasteiger partial charge in [-0.05, 0) is 24.6 Å². The minimum Gasteiger partial charge on any atom is -0.305 e. The fourth-order valence-electron chi connectivity index (χ4n) is 1.51. The van der Waals surface area contributed by atoms with Crippen LogP contribution in [0.4, 0.5) is 4.39 Å². The van der Waals surface area contributed by atoms with Crippen molar-refractivity contribution in [3.05, 3.63) is 59.9 Å². The maximum absolute atomic E-state index is 12.7. The van der Waals surface area contributed by atoms with Crippen LogP contribution in [-0.4, -0.2) is 9.97 Å². The van der Waals surface area contributed by atoms with Gasteiger partial charge >= 0.3 is 0 Å². The maximum atomic E-state index is 12.7. The minimum absolute atomic E-state index is 0.119. The summed E-state index contributed by atoms with van der Waals surface area (Å²) in [7, 11) is 0. The first-order valence-corrected chi connectivity index (χ1v) is 5.49. The molecule has 2 aromatic rings. The highest BCUT2D eigenvalue weighted by atomic mass is 19.1. The van der Waals surface area contributed by atoms with Gasteiger partial charge in [0, 0.05) is 31.2 Å². The third kappa shape index (κ3) is 3.32. The van der Waals surface area contributed by atoms with E-state index in [0.717, 1.165) is 11.3 Å². The van der Waals surface area contributed by atoms with E-state index in [2.05, 4.69) is 15.3 Å². The maximum Gasteiger partial charge on any atom is 0.123 e. The van der Waals surface area contributed by atoms with Crippen molar-refractivity contribution >= 4 is 0 Å². The Morgan fingerprint density at radius 3 is 2.65 bits per heavy atom. The zero-order valence-electron chi connectivity index (χ0n) is 9.60. The number of nitrogens with one attached hydrogen (secondary N) is 1. The minimum atomic E-state index is -0.212. The predicted molar refractivity (Wildman–Crippen MR) is 63.7 cm³/mol. The second-order valence-electron chi connectivity index (χ2n) is 3.86. The molecule has 0 aliphatic heterocycles. The second-order valence-corrected chi connectivity index (χ2v) is 3.86. The predicted octanol–water partition coefficient (Wildman–Crippen LogP) is 2.47. The Hall–Kier alpha value is -1.81. The molecule has 0 aliphatic rings. The first-order valence-electron chi connectivity index (χ1n) is 5.49. The van der Waals surface area contributed by atoms with Crippen LogP contribution in [0.15, 0.2) is 42.9 Å². The Bertz CT molecular complexity index is 456. The quantitative estimate of drug-likeness (QED) is 0.878. The van der Waals surface area contributed by atoms with Crippen molar-refractivity contribution in [1.82, 2.24) is 15.3 Å². The highest BCUT2D eigenvalue weighted by Crippen LogP contribution is 2.09. The van der Waals surface area contributed by atoms with E-state index < -0.39 is 0 Å². The topological polar surface area (TPSA) is 37.8 Å². The van der Waals surface area contributed by atoms with Crippen LogP contribution in [0.3, 0.4) is 0 Å². The van der Waals surface area contributed by atoms with Crippen molar-refractivity contribution in [1.29, 1.82) is 0 Å². The van der Waals surface area contributed by atoms with Crippen molar-refractivity contribution in [3.63, 3.8) is 0 Å². The zero-order chi connectivity index (χ0) is 12.1. The van der Waals surface area contributed by atoms with Crippen molar-refractivity contribution in [2.75, 3.05) is 0 Å². The fourth-order valence-corrected chi connectivity index (χ4v) is 1.51. The average Bonchev–Trinajstić information content (AvgIpc) is 2.39. The SMILES string of the molecule is CC(NCc1ccc(F)cc1)c1cnccn1. The molecule has 0 radical (unpaired) electrons. The Labute approximate surface area is 99.7 Å². The van der Waals surface area contributed by atoms with Gasteiger partial charge in [0.05, 0.1) is 5.69 Å². The Balaban J connectivity index is 1.92. The molecule has 0 aliphatic carbocycles. The van der Waals surface area contributed by atoms with Crippen LogP contribution in [0.5, 0.6) is 0 Å². The molecule has 3 nitrogen and oxygen atoms in total. The van der Waals surface area contributed by atoms with Crippen LogP contribution in [-0.2, 0) is 6.54 Å². The second kappa shape index (κ2) is 5.50. The number of rotatable bonds is 4. The summed E-state index contributed by atoms with van der Waals surface area (Å²) in [6.45, 7) is 2.70. The lowest BCUT2D eigenvalue weighted by molar-refractivity contribution is 0.558. The van der Waals surface area contributed by atoms with E-state index in [1.54, 1.807) is 30.7 Å². The molecule has 1 N–H and O–H groups in total. The first kappa shape index (κ1) is 11.7. The summed E-state index contributed by atoms with van der Waals surface area (Å²) in [5.41, 5.74) is 1.94. The molecule has 0 spiro atoms. The number of nitrogens with zero attached hydrogens (tertiary/aromatic N) is 2. The van der Waals surface area contributed by atoms with Gasteiger partial charge in [-0.2, -0.15) is 0 Å². The molecule has 0 fully saturated rings. The molecule has 0 saturated heterocycles. The molecule has 1 aromatic heterocycles. The van der Waals surface area contributed by atoms with Gasteiger partial charge in [0.25, 0.3) is 0 Å². The summed E-state index contributed by atoms with van der Waals surface area (Å²) < 4.78 is 12.7. The van der Waals surface area contributed by atoms with E-state index in [9.17, 15) is 4.39 Å². The normalized spacial score (nSPS) is 12.4. The summed E-state index contributed by atoms with van der Waals surface area (Å²) in [4.78, 5) is 8.24.